The molecule has 19 heavy (non-hydrogen) atoms. The molecule has 2 N–H and O–H groups in total. The number of thioether (sulfide) groups is 1. The van der Waals surface area contributed by atoms with E-state index in [1.807, 2.05) is 0 Å². The van der Waals surface area contributed by atoms with Crippen molar-refractivity contribution in [3.63, 3.8) is 0 Å². The molecule has 1 aromatic carbocycles. The second-order valence-corrected chi connectivity index (χ2v) is 8.06. The molecule has 0 aliphatic carbocycles. The zero-order valence-corrected chi connectivity index (χ0v) is 13.1. The third kappa shape index (κ3) is 3.18. The maximum atomic E-state index is 12.7. The van der Waals surface area contributed by atoms with E-state index in [-0.39, 0.29) is 4.90 Å². The number of nitrogens with two attached hydrogens (primary N) is 1. The molecule has 0 aromatic heterocycles. The maximum Gasteiger partial charge on any atom is 0.243 e. The number of sulfonamides is 1. The Morgan fingerprint density at radius 2 is 2.05 bits per heavy atom. The van der Waals surface area contributed by atoms with Crippen LogP contribution in [0.3, 0.4) is 0 Å². The average Bonchev–Trinajstić information content (AvgIpc) is 2.62. The first-order valence-electron chi connectivity index (χ1n) is 6.06. The van der Waals surface area contributed by atoms with E-state index in [1.54, 1.807) is 24.8 Å². The minimum Gasteiger partial charge on any atom is -0.398 e. The summed E-state index contributed by atoms with van der Waals surface area (Å²) in [5.41, 5.74) is 6.79. The number of hydrogen-bond donors (Lipinski definition) is 1. The lowest BCUT2D eigenvalue weighted by Crippen LogP contribution is -2.33. The van der Waals surface area contributed by atoms with Gasteiger partial charge in [-0.3, -0.25) is 0 Å². The summed E-state index contributed by atoms with van der Waals surface area (Å²) < 4.78 is 26.9. The average molecular weight is 321 g/mol. The third-order valence-electron chi connectivity index (χ3n) is 3.16. The van der Waals surface area contributed by atoms with E-state index in [1.165, 1.54) is 10.4 Å². The minimum absolute atomic E-state index is 0.226. The van der Waals surface area contributed by atoms with Gasteiger partial charge in [0.2, 0.25) is 10.0 Å². The lowest BCUT2D eigenvalue weighted by Gasteiger charge is -2.21. The fraction of sp³-hybridized carbons (Fsp3) is 0.500. The number of anilines is 1. The number of nitrogen functional groups attached to an aromatic ring is 1. The largest absolute Gasteiger partial charge is 0.398 e. The first-order chi connectivity index (χ1) is 8.93. The van der Waals surface area contributed by atoms with Crippen LogP contribution in [0.1, 0.15) is 12.0 Å². The monoisotopic (exact) mass is 320 g/mol. The van der Waals surface area contributed by atoms with Gasteiger partial charge in [-0.1, -0.05) is 11.6 Å². The normalized spacial score (nSPS) is 18.2. The summed E-state index contributed by atoms with van der Waals surface area (Å²) in [5.74, 6) is 1.83. The van der Waals surface area contributed by atoms with Crippen LogP contribution < -0.4 is 5.73 Å². The Labute approximate surface area is 123 Å². The van der Waals surface area contributed by atoms with Gasteiger partial charge in [-0.15, -0.1) is 0 Å². The predicted octanol–water partition coefficient (Wildman–Crippen LogP) is 2.36. The van der Waals surface area contributed by atoms with E-state index in [2.05, 4.69) is 0 Å². The molecule has 0 bridgehead atoms. The Morgan fingerprint density at radius 3 is 2.79 bits per heavy atom. The van der Waals surface area contributed by atoms with Crippen LogP contribution in [0.5, 0.6) is 0 Å². The van der Waals surface area contributed by atoms with Gasteiger partial charge in [-0.2, -0.15) is 16.1 Å². The van der Waals surface area contributed by atoms with Crippen LogP contribution in [0.2, 0.25) is 5.02 Å². The molecule has 1 saturated heterocycles. The number of nitrogens with zero attached hydrogens (tertiary/aromatic N) is 1. The van der Waals surface area contributed by atoms with Gasteiger partial charge >= 0.3 is 0 Å². The topological polar surface area (TPSA) is 63.4 Å². The zero-order chi connectivity index (χ0) is 14.0. The van der Waals surface area contributed by atoms with Crippen LogP contribution in [0.25, 0.3) is 0 Å². The maximum absolute atomic E-state index is 12.7. The van der Waals surface area contributed by atoms with Gasteiger partial charge in [-0.05, 0) is 36.8 Å². The minimum atomic E-state index is -3.51. The van der Waals surface area contributed by atoms with Crippen molar-refractivity contribution < 1.29 is 8.42 Å². The summed E-state index contributed by atoms with van der Waals surface area (Å²) in [7, 11) is -3.51. The number of halogens is 1. The van der Waals surface area contributed by atoms with Gasteiger partial charge < -0.3 is 5.73 Å². The Morgan fingerprint density at radius 1 is 1.32 bits per heavy atom. The van der Waals surface area contributed by atoms with Gasteiger partial charge in [0, 0.05) is 29.6 Å². The summed E-state index contributed by atoms with van der Waals surface area (Å²) in [6.07, 6.45) is 0.874. The van der Waals surface area contributed by atoms with Gasteiger partial charge in [-0.25, -0.2) is 8.42 Å². The second kappa shape index (κ2) is 5.91. The number of hydrogen-bond acceptors (Lipinski definition) is 4. The predicted molar refractivity (Wildman–Crippen MR) is 81.3 cm³/mol. The van der Waals surface area contributed by atoms with Crippen molar-refractivity contribution in [2.75, 3.05) is 30.3 Å². The highest BCUT2D eigenvalue weighted by molar-refractivity contribution is 7.99. The summed E-state index contributed by atoms with van der Waals surface area (Å²) >= 11 is 7.72. The van der Waals surface area contributed by atoms with Gasteiger partial charge in [0.25, 0.3) is 0 Å². The highest BCUT2D eigenvalue weighted by Crippen LogP contribution is 2.29. The zero-order valence-electron chi connectivity index (χ0n) is 10.7. The van der Waals surface area contributed by atoms with Crippen LogP contribution in [0, 0.1) is 6.92 Å². The van der Waals surface area contributed by atoms with Crippen LogP contribution >= 0.6 is 23.4 Å². The molecule has 7 heteroatoms. The molecule has 0 saturated carbocycles. The van der Waals surface area contributed by atoms with E-state index in [4.69, 9.17) is 17.3 Å². The van der Waals surface area contributed by atoms with Crippen LogP contribution in [-0.2, 0) is 10.0 Å². The fourth-order valence-electron chi connectivity index (χ4n) is 2.04. The Bertz CT molecular complexity index is 567. The molecule has 0 spiro atoms. The van der Waals surface area contributed by atoms with Gasteiger partial charge in [0.1, 0.15) is 0 Å². The smallest absolute Gasteiger partial charge is 0.243 e. The van der Waals surface area contributed by atoms with E-state index < -0.39 is 10.0 Å². The summed E-state index contributed by atoms with van der Waals surface area (Å²) in [4.78, 5) is 0.226. The molecule has 1 heterocycles. The molecule has 106 valence electrons. The molecule has 1 fully saturated rings. The van der Waals surface area contributed by atoms with E-state index in [9.17, 15) is 8.42 Å². The molecule has 1 aliphatic heterocycles. The van der Waals surface area contributed by atoms with Crippen molar-refractivity contribution in [1.29, 1.82) is 0 Å². The van der Waals surface area contributed by atoms with Crippen molar-refractivity contribution >= 4 is 39.1 Å². The molecule has 0 radical (unpaired) electrons. The molecule has 0 amide bonds. The Balaban J connectivity index is 2.44. The lowest BCUT2D eigenvalue weighted by molar-refractivity contribution is 0.434. The van der Waals surface area contributed by atoms with Crippen LogP contribution in [0.15, 0.2) is 17.0 Å². The molecule has 0 unspecified atom stereocenters. The number of rotatable bonds is 2. The van der Waals surface area contributed by atoms with Crippen molar-refractivity contribution in [1.82, 2.24) is 4.31 Å². The van der Waals surface area contributed by atoms with E-state index in [0.717, 1.165) is 17.9 Å². The third-order valence-corrected chi connectivity index (χ3v) is 6.46. The number of benzene rings is 1. The molecular formula is C12H17ClN2O2S2. The van der Waals surface area contributed by atoms with Crippen LogP contribution in [-0.4, -0.2) is 37.3 Å². The first kappa shape index (κ1) is 15.0. The molecule has 1 aliphatic rings. The van der Waals surface area contributed by atoms with Gasteiger partial charge in [0.05, 0.1) is 4.90 Å². The van der Waals surface area contributed by atoms with Crippen LogP contribution in [0.4, 0.5) is 5.69 Å². The van der Waals surface area contributed by atoms with Crippen molar-refractivity contribution in [2.24, 2.45) is 0 Å². The molecule has 2 rings (SSSR count). The lowest BCUT2D eigenvalue weighted by atomic mass is 10.2. The second-order valence-electron chi connectivity index (χ2n) is 4.49. The standard InChI is InChI=1S/C12H17ClN2O2S2/c1-9-11(14)7-10(13)8-12(9)19(16,17)15-3-2-5-18-6-4-15/h7-8H,2-6,14H2,1H3. The van der Waals surface area contributed by atoms with E-state index in [0.29, 0.717) is 29.4 Å². The van der Waals surface area contributed by atoms with E-state index >= 15 is 0 Å². The molecule has 0 atom stereocenters. The summed E-state index contributed by atoms with van der Waals surface area (Å²) in [6, 6.07) is 3.06. The van der Waals surface area contributed by atoms with Crippen molar-refractivity contribution in [3.8, 4) is 0 Å². The highest BCUT2D eigenvalue weighted by Gasteiger charge is 2.27. The van der Waals surface area contributed by atoms with Crippen molar-refractivity contribution in [3.05, 3.63) is 22.7 Å². The molecule has 4 nitrogen and oxygen atoms in total. The fourth-order valence-corrected chi connectivity index (χ4v) is 5.10. The van der Waals surface area contributed by atoms with Crippen molar-refractivity contribution in [2.45, 2.75) is 18.2 Å². The SMILES string of the molecule is Cc1c(N)cc(Cl)cc1S(=O)(=O)N1CCCSCC1. The Hall–Kier alpha value is -0.430. The molecule has 1 aromatic rings. The molecular weight excluding hydrogens is 304 g/mol. The highest BCUT2D eigenvalue weighted by atomic mass is 35.5. The van der Waals surface area contributed by atoms with Gasteiger partial charge in [0.15, 0.2) is 0 Å². The Kier molecular flexibility index (Phi) is 4.66. The first-order valence-corrected chi connectivity index (χ1v) is 9.03. The summed E-state index contributed by atoms with van der Waals surface area (Å²) in [6.45, 7) is 2.81. The quantitative estimate of drug-likeness (QED) is 0.850. The summed E-state index contributed by atoms with van der Waals surface area (Å²) in [5, 5.41) is 0.353.